The summed E-state index contributed by atoms with van der Waals surface area (Å²) in [6, 6.07) is 13.0. The predicted molar refractivity (Wildman–Crippen MR) is 137 cm³/mol. The largest absolute Gasteiger partial charge is 0.497 e. The van der Waals surface area contributed by atoms with Crippen molar-refractivity contribution < 1.29 is 22.7 Å². The molecule has 2 aromatic rings. The van der Waals surface area contributed by atoms with Crippen molar-refractivity contribution in [1.29, 1.82) is 0 Å². The molecule has 0 aliphatic heterocycles. The highest BCUT2D eigenvalue weighted by Gasteiger charge is 2.31. The number of ether oxygens (including phenoxy) is 1. The molecule has 1 atom stereocenters. The smallest absolute Gasteiger partial charge is 0.244 e. The third-order valence-electron chi connectivity index (χ3n) is 4.95. The first-order chi connectivity index (χ1) is 15.7. The molecule has 8 nitrogen and oxygen atoms in total. The minimum Gasteiger partial charge on any atom is -0.497 e. The van der Waals surface area contributed by atoms with E-state index in [4.69, 9.17) is 4.74 Å². The third-order valence-corrected chi connectivity index (χ3v) is 6.59. The van der Waals surface area contributed by atoms with Crippen LogP contribution in [0.25, 0.3) is 0 Å². The summed E-state index contributed by atoms with van der Waals surface area (Å²) in [6.45, 7) is 6.87. The number of halogens is 1. The summed E-state index contributed by atoms with van der Waals surface area (Å²) < 4.78 is 32.0. The van der Waals surface area contributed by atoms with E-state index in [1.807, 2.05) is 20.8 Å². The van der Waals surface area contributed by atoms with Gasteiger partial charge >= 0.3 is 0 Å². The zero-order valence-corrected chi connectivity index (χ0v) is 22.7. The van der Waals surface area contributed by atoms with Crippen molar-refractivity contribution in [3.8, 4) is 5.75 Å². The number of benzene rings is 2. The van der Waals surface area contributed by atoms with E-state index >= 15 is 0 Å². The van der Waals surface area contributed by atoms with Crippen molar-refractivity contribution >= 4 is 43.5 Å². The highest BCUT2D eigenvalue weighted by Crippen LogP contribution is 2.23. The van der Waals surface area contributed by atoms with Gasteiger partial charge < -0.3 is 15.0 Å². The van der Waals surface area contributed by atoms with Gasteiger partial charge in [0.15, 0.2) is 0 Å². The summed E-state index contributed by atoms with van der Waals surface area (Å²) in [5.41, 5.74) is 0.634. The number of hydrogen-bond acceptors (Lipinski definition) is 5. The summed E-state index contributed by atoms with van der Waals surface area (Å²) in [5, 5.41) is 2.89. The van der Waals surface area contributed by atoms with Gasteiger partial charge in [-0.15, -0.1) is 0 Å². The van der Waals surface area contributed by atoms with Crippen LogP contribution >= 0.6 is 15.9 Å². The normalized spacial score (nSPS) is 12.6. The SMILES string of the molecule is COc1ccc(CN(C(=O)CN(c2cccc(Br)c2)S(C)(=O)=O)[C@@H](C)C(=O)NC(C)(C)C)cc1. The lowest BCUT2D eigenvalue weighted by Gasteiger charge is -2.33. The van der Waals surface area contributed by atoms with Crippen LogP contribution in [-0.2, 0) is 26.2 Å². The van der Waals surface area contributed by atoms with Crippen LogP contribution in [0.3, 0.4) is 0 Å². The molecule has 0 bridgehead atoms. The van der Waals surface area contributed by atoms with E-state index in [9.17, 15) is 18.0 Å². The van der Waals surface area contributed by atoms with Crippen LogP contribution < -0.4 is 14.4 Å². The van der Waals surface area contributed by atoms with Gasteiger partial charge in [-0.2, -0.15) is 0 Å². The second-order valence-electron chi connectivity index (χ2n) is 9.03. The second-order valence-corrected chi connectivity index (χ2v) is 11.9. The van der Waals surface area contributed by atoms with Crippen molar-refractivity contribution in [3.63, 3.8) is 0 Å². The molecule has 0 saturated heterocycles. The number of nitrogens with zero attached hydrogens (tertiary/aromatic N) is 2. The average molecular weight is 555 g/mol. The van der Waals surface area contributed by atoms with Gasteiger partial charge in [0.25, 0.3) is 0 Å². The highest BCUT2D eigenvalue weighted by atomic mass is 79.9. The van der Waals surface area contributed by atoms with Crippen LogP contribution in [0.4, 0.5) is 5.69 Å². The predicted octanol–water partition coefficient (Wildman–Crippen LogP) is 3.56. The summed E-state index contributed by atoms with van der Waals surface area (Å²) in [5.74, 6) is -0.168. The Balaban J connectivity index is 2.40. The molecule has 0 aliphatic carbocycles. The molecule has 0 radical (unpaired) electrons. The number of hydrogen-bond donors (Lipinski definition) is 1. The molecular formula is C24H32BrN3O5S. The molecule has 0 aromatic heterocycles. The fourth-order valence-electron chi connectivity index (χ4n) is 3.23. The van der Waals surface area contributed by atoms with Crippen LogP contribution in [-0.4, -0.2) is 56.6 Å². The number of rotatable bonds is 9. The molecule has 0 spiro atoms. The van der Waals surface area contributed by atoms with Crippen molar-refractivity contribution in [2.45, 2.75) is 45.8 Å². The van der Waals surface area contributed by atoms with Gasteiger partial charge in [0.05, 0.1) is 19.1 Å². The molecule has 0 saturated carbocycles. The summed E-state index contributed by atoms with van der Waals surface area (Å²) in [7, 11) is -2.21. The topological polar surface area (TPSA) is 96.0 Å². The lowest BCUT2D eigenvalue weighted by Crippen LogP contribution is -2.54. The van der Waals surface area contributed by atoms with Crippen LogP contribution in [0.1, 0.15) is 33.3 Å². The maximum Gasteiger partial charge on any atom is 0.244 e. The van der Waals surface area contributed by atoms with Gasteiger partial charge in [0.2, 0.25) is 21.8 Å². The van der Waals surface area contributed by atoms with Crippen LogP contribution in [0.5, 0.6) is 5.75 Å². The van der Waals surface area contributed by atoms with Gasteiger partial charge in [-0.05, 0) is 63.6 Å². The summed E-state index contributed by atoms with van der Waals surface area (Å²) in [4.78, 5) is 27.8. The number of carbonyl (C=O) groups excluding carboxylic acids is 2. The van der Waals surface area contributed by atoms with Gasteiger partial charge in [0, 0.05) is 16.6 Å². The molecule has 0 aliphatic rings. The molecule has 0 fully saturated rings. The molecule has 186 valence electrons. The van der Waals surface area contributed by atoms with Crippen molar-refractivity contribution in [2.75, 3.05) is 24.2 Å². The zero-order chi connectivity index (χ0) is 25.7. The maximum atomic E-state index is 13.5. The Morgan fingerprint density at radius 1 is 1.12 bits per heavy atom. The molecule has 0 heterocycles. The number of anilines is 1. The van der Waals surface area contributed by atoms with Gasteiger partial charge in [-0.25, -0.2) is 8.42 Å². The minimum atomic E-state index is -3.77. The van der Waals surface area contributed by atoms with E-state index in [2.05, 4.69) is 21.2 Å². The standard InChI is InChI=1S/C24H32BrN3O5S/c1-17(23(30)26-24(2,3)4)27(15-18-10-12-21(33-5)13-11-18)22(29)16-28(34(6,31)32)20-9-7-8-19(25)14-20/h7-14,17H,15-16H2,1-6H3,(H,26,30)/t17-/m0/s1. The molecule has 2 rings (SSSR count). The second kappa shape index (κ2) is 11.2. The Morgan fingerprint density at radius 2 is 1.74 bits per heavy atom. The first kappa shape index (κ1) is 27.7. The van der Waals surface area contributed by atoms with Crippen molar-refractivity contribution in [3.05, 3.63) is 58.6 Å². The molecular weight excluding hydrogens is 522 g/mol. The minimum absolute atomic E-state index is 0.123. The molecule has 34 heavy (non-hydrogen) atoms. The Hall–Kier alpha value is -2.59. The quantitative estimate of drug-likeness (QED) is 0.512. The van der Waals surface area contributed by atoms with Crippen molar-refractivity contribution in [2.24, 2.45) is 0 Å². The molecule has 2 aromatic carbocycles. The monoisotopic (exact) mass is 553 g/mol. The molecule has 1 N–H and O–H groups in total. The van der Waals surface area contributed by atoms with E-state index in [1.54, 1.807) is 62.6 Å². The van der Waals surface area contributed by atoms with E-state index in [-0.39, 0.29) is 12.5 Å². The van der Waals surface area contributed by atoms with E-state index < -0.39 is 34.1 Å². The van der Waals surface area contributed by atoms with E-state index in [0.717, 1.165) is 16.1 Å². The molecule has 2 amide bonds. The average Bonchev–Trinajstić information content (AvgIpc) is 2.73. The molecule has 10 heteroatoms. The lowest BCUT2D eigenvalue weighted by atomic mass is 10.1. The number of nitrogens with one attached hydrogen (secondary N) is 1. The van der Waals surface area contributed by atoms with Gasteiger partial charge in [-0.1, -0.05) is 34.1 Å². The van der Waals surface area contributed by atoms with Crippen molar-refractivity contribution in [1.82, 2.24) is 10.2 Å². The van der Waals surface area contributed by atoms with Gasteiger partial charge in [0.1, 0.15) is 18.3 Å². The van der Waals surface area contributed by atoms with Crippen LogP contribution in [0, 0.1) is 0 Å². The Labute approximate surface area is 210 Å². The summed E-state index contributed by atoms with van der Waals surface area (Å²) in [6.07, 6.45) is 1.05. The fraction of sp³-hybridized carbons (Fsp3) is 0.417. The number of carbonyl (C=O) groups is 2. The molecule has 0 unspecified atom stereocenters. The number of methoxy groups -OCH3 is 1. The lowest BCUT2D eigenvalue weighted by molar-refractivity contribution is -0.140. The highest BCUT2D eigenvalue weighted by molar-refractivity contribution is 9.10. The van der Waals surface area contributed by atoms with E-state index in [0.29, 0.717) is 15.9 Å². The number of sulfonamides is 1. The Kier molecular flexibility index (Phi) is 9.13. The van der Waals surface area contributed by atoms with Crippen LogP contribution in [0.2, 0.25) is 0 Å². The number of amides is 2. The first-order valence-corrected chi connectivity index (χ1v) is 13.3. The zero-order valence-electron chi connectivity index (χ0n) is 20.3. The summed E-state index contributed by atoms with van der Waals surface area (Å²) >= 11 is 3.34. The Bertz CT molecular complexity index is 1110. The fourth-order valence-corrected chi connectivity index (χ4v) is 4.46. The van der Waals surface area contributed by atoms with Crippen LogP contribution in [0.15, 0.2) is 53.0 Å². The van der Waals surface area contributed by atoms with E-state index in [1.165, 1.54) is 4.90 Å². The Morgan fingerprint density at radius 3 is 2.24 bits per heavy atom. The maximum absolute atomic E-state index is 13.5. The van der Waals surface area contributed by atoms with Gasteiger partial charge in [-0.3, -0.25) is 13.9 Å². The third kappa shape index (κ3) is 8.02. The first-order valence-electron chi connectivity index (χ1n) is 10.7.